The number of nitrogens with zero attached hydrogens (tertiary/aromatic N) is 1. The van der Waals surface area contributed by atoms with Gasteiger partial charge in [-0.05, 0) is 37.1 Å². The Bertz CT molecular complexity index is 734. The predicted octanol–water partition coefficient (Wildman–Crippen LogP) is 2.73. The van der Waals surface area contributed by atoms with Crippen LogP contribution in [0.3, 0.4) is 0 Å². The Morgan fingerprint density at radius 3 is 2.65 bits per heavy atom. The van der Waals surface area contributed by atoms with Gasteiger partial charge in [-0.3, -0.25) is 9.59 Å². The summed E-state index contributed by atoms with van der Waals surface area (Å²) in [6.45, 7) is 5.86. The van der Waals surface area contributed by atoms with Crippen molar-refractivity contribution in [3.63, 3.8) is 0 Å². The van der Waals surface area contributed by atoms with E-state index in [0.29, 0.717) is 12.0 Å². The summed E-state index contributed by atoms with van der Waals surface area (Å²) in [6, 6.07) is 5.53. The topological polar surface area (TPSA) is 92.4 Å². The quantitative estimate of drug-likeness (QED) is 0.855. The first-order chi connectivity index (χ1) is 10.9. The molecule has 0 radical (unpaired) electrons. The molecule has 0 atom stereocenters. The number of nitrogens with one attached hydrogen (secondary N) is 1. The molecule has 0 spiro atoms. The summed E-state index contributed by atoms with van der Waals surface area (Å²) in [5.41, 5.74) is 4.01. The van der Waals surface area contributed by atoms with Crippen molar-refractivity contribution in [2.24, 2.45) is 0 Å². The molecular weight excluding hydrogens is 296 g/mol. The first-order valence-electron chi connectivity index (χ1n) is 7.49. The largest absolute Gasteiger partial charge is 0.481 e. The fraction of sp³-hybridized carbons (Fsp3) is 0.353. The van der Waals surface area contributed by atoms with Crippen LogP contribution < -0.4 is 5.32 Å². The summed E-state index contributed by atoms with van der Waals surface area (Å²) in [5, 5.41) is 15.2. The lowest BCUT2D eigenvalue weighted by Crippen LogP contribution is -2.26. The van der Waals surface area contributed by atoms with E-state index >= 15 is 0 Å². The van der Waals surface area contributed by atoms with E-state index in [1.807, 2.05) is 26.8 Å². The van der Waals surface area contributed by atoms with E-state index in [4.69, 9.17) is 9.63 Å². The highest BCUT2D eigenvalue weighted by atomic mass is 16.5. The molecule has 1 heterocycles. The van der Waals surface area contributed by atoms with Crippen LogP contribution >= 0.6 is 0 Å². The number of carbonyl (C=O) groups is 2. The predicted molar refractivity (Wildman–Crippen MR) is 85.4 cm³/mol. The Morgan fingerprint density at radius 2 is 2.00 bits per heavy atom. The summed E-state index contributed by atoms with van der Waals surface area (Å²) in [7, 11) is 0. The number of carboxylic acid groups (broad SMARTS) is 1. The van der Waals surface area contributed by atoms with Gasteiger partial charge in [0.2, 0.25) is 0 Å². The maximum absolute atomic E-state index is 12.2. The summed E-state index contributed by atoms with van der Waals surface area (Å²) in [4.78, 5) is 22.7. The van der Waals surface area contributed by atoms with Crippen molar-refractivity contribution >= 4 is 11.9 Å². The first-order valence-corrected chi connectivity index (χ1v) is 7.49. The highest BCUT2D eigenvalue weighted by molar-refractivity contribution is 5.96. The van der Waals surface area contributed by atoms with E-state index in [1.165, 1.54) is 0 Å². The molecule has 1 aromatic carbocycles. The second-order valence-electron chi connectivity index (χ2n) is 5.41. The van der Waals surface area contributed by atoms with Gasteiger partial charge in [0.1, 0.15) is 5.76 Å². The minimum atomic E-state index is -0.942. The Kier molecular flexibility index (Phi) is 5.16. The van der Waals surface area contributed by atoms with Crippen molar-refractivity contribution in [3.8, 4) is 11.1 Å². The van der Waals surface area contributed by atoms with Crippen molar-refractivity contribution in [3.05, 3.63) is 40.8 Å². The highest BCUT2D eigenvalue weighted by Gasteiger charge is 2.16. The molecule has 1 amide bonds. The van der Waals surface area contributed by atoms with Crippen LogP contribution in [0.2, 0.25) is 0 Å². The smallest absolute Gasteiger partial charge is 0.305 e. The van der Waals surface area contributed by atoms with Crippen LogP contribution in [0.4, 0.5) is 0 Å². The molecule has 2 rings (SSSR count). The first kappa shape index (κ1) is 16.7. The molecule has 0 aliphatic rings. The van der Waals surface area contributed by atoms with E-state index in [2.05, 4.69) is 10.5 Å². The molecule has 0 unspecified atom stereocenters. The molecule has 0 saturated carbocycles. The SMILES string of the molecule is CCc1onc(C)c1-c1cc(C)cc(C(=O)NCCC(=O)O)c1. The van der Waals surface area contributed by atoms with Crippen molar-refractivity contribution < 1.29 is 19.2 Å². The second-order valence-corrected chi connectivity index (χ2v) is 5.41. The van der Waals surface area contributed by atoms with Crippen molar-refractivity contribution in [2.75, 3.05) is 6.54 Å². The average Bonchev–Trinajstić information content (AvgIpc) is 2.87. The van der Waals surface area contributed by atoms with Crippen LogP contribution in [0.25, 0.3) is 11.1 Å². The minimum absolute atomic E-state index is 0.101. The zero-order valence-corrected chi connectivity index (χ0v) is 13.5. The summed E-state index contributed by atoms with van der Waals surface area (Å²) in [5.74, 6) is -0.448. The van der Waals surface area contributed by atoms with Gasteiger partial charge in [-0.1, -0.05) is 18.1 Å². The lowest BCUT2D eigenvalue weighted by Gasteiger charge is -2.08. The van der Waals surface area contributed by atoms with E-state index < -0.39 is 5.97 Å². The van der Waals surface area contributed by atoms with Gasteiger partial charge >= 0.3 is 5.97 Å². The number of aryl methyl sites for hydroxylation is 3. The standard InChI is InChI=1S/C17H20N2O4/c1-4-14-16(11(3)19-23-14)12-7-10(2)8-13(9-12)17(22)18-6-5-15(20)21/h7-9H,4-6H2,1-3H3,(H,18,22)(H,20,21). The zero-order chi connectivity index (χ0) is 17.0. The van der Waals surface area contributed by atoms with Gasteiger partial charge in [0.05, 0.1) is 12.1 Å². The molecule has 2 aromatic rings. The van der Waals surface area contributed by atoms with Gasteiger partial charge in [0.15, 0.2) is 0 Å². The van der Waals surface area contributed by atoms with Crippen molar-refractivity contribution in [1.29, 1.82) is 0 Å². The van der Waals surface area contributed by atoms with Crippen molar-refractivity contribution in [2.45, 2.75) is 33.6 Å². The molecule has 0 bridgehead atoms. The number of aliphatic carboxylic acids is 1. The molecule has 1 aromatic heterocycles. The summed E-state index contributed by atoms with van der Waals surface area (Å²) < 4.78 is 5.31. The zero-order valence-electron chi connectivity index (χ0n) is 13.5. The number of hydrogen-bond acceptors (Lipinski definition) is 4. The highest BCUT2D eigenvalue weighted by Crippen LogP contribution is 2.29. The molecule has 6 heteroatoms. The van der Waals surface area contributed by atoms with Gasteiger partial charge < -0.3 is 14.9 Å². The molecule has 0 aliphatic heterocycles. The number of aromatic nitrogens is 1. The molecule has 122 valence electrons. The molecule has 0 saturated heterocycles. The van der Waals surface area contributed by atoms with Crippen LogP contribution in [-0.2, 0) is 11.2 Å². The number of amides is 1. The number of carboxylic acids is 1. The van der Waals surface area contributed by atoms with Gasteiger partial charge in [-0.15, -0.1) is 0 Å². The number of benzene rings is 1. The fourth-order valence-electron chi connectivity index (χ4n) is 2.47. The Labute approximate surface area is 134 Å². The summed E-state index contributed by atoms with van der Waals surface area (Å²) in [6.07, 6.45) is 0.611. The van der Waals surface area contributed by atoms with Gasteiger partial charge in [-0.25, -0.2) is 0 Å². The van der Waals surface area contributed by atoms with E-state index in [1.54, 1.807) is 12.1 Å². The average molecular weight is 316 g/mol. The van der Waals surface area contributed by atoms with Crippen LogP contribution in [-0.4, -0.2) is 28.7 Å². The Morgan fingerprint density at radius 1 is 1.26 bits per heavy atom. The molecule has 23 heavy (non-hydrogen) atoms. The number of hydrogen-bond donors (Lipinski definition) is 2. The Balaban J connectivity index is 2.30. The van der Waals surface area contributed by atoms with Crippen LogP contribution in [0.5, 0.6) is 0 Å². The molecule has 0 fully saturated rings. The summed E-state index contributed by atoms with van der Waals surface area (Å²) >= 11 is 0. The molecular formula is C17H20N2O4. The van der Waals surface area contributed by atoms with E-state index in [0.717, 1.165) is 28.1 Å². The third kappa shape index (κ3) is 3.97. The monoisotopic (exact) mass is 316 g/mol. The Hall–Kier alpha value is -2.63. The van der Waals surface area contributed by atoms with Gasteiger partial charge in [0, 0.05) is 24.1 Å². The number of rotatable bonds is 6. The third-order valence-corrected chi connectivity index (χ3v) is 3.51. The lowest BCUT2D eigenvalue weighted by atomic mass is 9.98. The molecule has 6 nitrogen and oxygen atoms in total. The maximum Gasteiger partial charge on any atom is 0.305 e. The second kappa shape index (κ2) is 7.09. The lowest BCUT2D eigenvalue weighted by molar-refractivity contribution is -0.136. The van der Waals surface area contributed by atoms with E-state index in [-0.39, 0.29) is 18.9 Å². The third-order valence-electron chi connectivity index (χ3n) is 3.51. The molecule has 0 aliphatic carbocycles. The fourth-order valence-corrected chi connectivity index (χ4v) is 2.47. The minimum Gasteiger partial charge on any atom is -0.481 e. The van der Waals surface area contributed by atoms with Crippen LogP contribution in [0.15, 0.2) is 22.7 Å². The van der Waals surface area contributed by atoms with Crippen LogP contribution in [0, 0.1) is 13.8 Å². The van der Waals surface area contributed by atoms with Gasteiger partial charge in [-0.2, -0.15) is 0 Å². The number of carbonyl (C=O) groups excluding carboxylic acids is 1. The molecule has 2 N–H and O–H groups in total. The van der Waals surface area contributed by atoms with Gasteiger partial charge in [0.25, 0.3) is 5.91 Å². The van der Waals surface area contributed by atoms with Crippen molar-refractivity contribution in [1.82, 2.24) is 10.5 Å². The van der Waals surface area contributed by atoms with E-state index in [9.17, 15) is 9.59 Å². The van der Waals surface area contributed by atoms with Crippen LogP contribution in [0.1, 0.15) is 40.7 Å². The normalized spacial score (nSPS) is 10.6. The maximum atomic E-state index is 12.2.